The Bertz CT molecular complexity index is 1080. The fourth-order valence-corrected chi connectivity index (χ4v) is 3.64. The first kappa shape index (κ1) is 25.7. The number of nitrogens with zero attached hydrogens (tertiary/aromatic N) is 1. The minimum atomic E-state index is -0.949. The number of unbranched alkanes of at least 4 members (excludes halogenated alkanes) is 2. The van der Waals surface area contributed by atoms with Crippen molar-refractivity contribution in [3.63, 3.8) is 0 Å². The van der Waals surface area contributed by atoms with Gasteiger partial charge in [0, 0.05) is 29.4 Å². The molecular formula is C28H32N2O5. The second-order valence-corrected chi connectivity index (χ2v) is 8.23. The summed E-state index contributed by atoms with van der Waals surface area (Å²) < 4.78 is 11.5. The van der Waals surface area contributed by atoms with Crippen LogP contribution in [0.15, 0.2) is 66.9 Å². The molecule has 0 spiro atoms. The zero-order valence-electron chi connectivity index (χ0n) is 20.2. The van der Waals surface area contributed by atoms with Gasteiger partial charge in [-0.2, -0.15) is 0 Å². The summed E-state index contributed by atoms with van der Waals surface area (Å²) in [5, 5.41) is 11.3. The van der Waals surface area contributed by atoms with E-state index in [0.29, 0.717) is 11.3 Å². The highest BCUT2D eigenvalue weighted by atomic mass is 16.5. The summed E-state index contributed by atoms with van der Waals surface area (Å²) in [6, 6.07) is 18.7. The molecule has 1 atom stereocenters. The molecule has 184 valence electrons. The van der Waals surface area contributed by atoms with Crippen molar-refractivity contribution in [2.24, 2.45) is 0 Å². The van der Waals surface area contributed by atoms with Crippen molar-refractivity contribution < 1.29 is 24.2 Å². The first-order valence-electron chi connectivity index (χ1n) is 11.9. The third-order valence-electron chi connectivity index (χ3n) is 5.63. The van der Waals surface area contributed by atoms with Gasteiger partial charge in [-0.05, 0) is 67.4 Å². The fraction of sp³-hybridized carbons (Fsp3) is 0.321. The van der Waals surface area contributed by atoms with Crippen LogP contribution >= 0.6 is 0 Å². The number of benzene rings is 2. The summed E-state index contributed by atoms with van der Waals surface area (Å²) >= 11 is 0. The van der Waals surface area contributed by atoms with E-state index in [2.05, 4.69) is 17.2 Å². The van der Waals surface area contributed by atoms with Crippen LogP contribution in [0.1, 0.15) is 61.1 Å². The lowest BCUT2D eigenvalue weighted by molar-refractivity contribution is -0.136. The zero-order valence-corrected chi connectivity index (χ0v) is 20.2. The number of ether oxygens (including phenoxy) is 2. The average molecular weight is 477 g/mol. The molecule has 2 aromatic carbocycles. The van der Waals surface area contributed by atoms with Crippen molar-refractivity contribution in [3.05, 3.63) is 78.0 Å². The molecule has 3 aromatic rings. The quantitative estimate of drug-likeness (QED) is 0.309. The number of carbonyl (C=O) groups excluding carboxylic acids is 1. The summed E-state index contributed by atoms with van der Waals surface area (Å²) in [6.07, 6.45) is 5.72. The Morgan fingerprint density at radius 1 is 0.971 bits per heavy atom. The van der Waals surface area contributed by atoms with Crippen LogP contribution in [-0.2, 0) is 4.79 Å². The first-order chi connectivity index (χ1) is 17.0. The molecule has 0 aliphatic carbocycles. The maximum atomic E-state index is 12.2. The van der Waals surface area contributed by atoms with Crippen molar-refractivity contribution in [2.45, 2.75) is 45.1 Å². The molecule has 2 N–H and O–H groups in total. The summed E-state index contributed by atoms with van der Waals surface area (Å²) in [5.41, 5.74) is 3.34. The number of pyridine rings is 1. The smallest absolute Gasteiger partial charge is 0.305 e. The molecule has 1 aromatic heterocycles. The number of hydrogen-bond acceptors (Lipinski definition) is 5. The number of carbonyl (C=O) groups is 2. The van der Waals surface area contributed by atoms with Crippen LogP contribution in [-0.4, -0.2) is 35.6 Å². The molecule has 1 amide bonds. The molecular weight excluding hydrogens is 444 g/mol. The van der Waals surface area contributed by atoms with Crippen molar-refractivity contribution in [1.29, 1.82) is 0 Å². The van der Waals surface area contributed by atoms with Gasteiger partial charge in [0.15, 0.2) is 0 Å². The summed E-state index contributed by atoms with van der Waals surface area (Å²) in [5.74, 6) is 0.205. The SMILES string of the molecule is CCCCC[C@@H](Oc1ccc(C(=O)NCCC(=O)O)cc1)c1ccc(-c2ccc(OC)cc2)nc1. The van der Waals surface area contributed by atoms with Crippen LogP contribution in [0.2, 0.25) is 0 Å². The van der Waals surface area contributed by atoms with Gasteiger partial charge in [-0.25, -0.2) is 0 Å². The second-order valence-electron chi connectivity index (χ2n) is 8.23. The third-order valence-corrected chi connectivity index (χ3v) is 5.63. The topological polar surface area (TPSA) is 97.8 Å². The largest absolute Gasteiger partial charge is 0.497 e. The van der Waals surface area contributed by atoms with E-state index < -0.39 is 5.97 Å². The molecule has 0 aliphatic rings. The lowest BCUT2D eigenvalue weighted by Gasteiger charge is -2.20. The van der Waals surface area contributed by atoms with Crippen LogP contribution in [0.5, 0.6) is 11.5 Å². The molecule has 7 nitrogen and oxygen atoms in total. The summed E-state index contributed by atoms with van der Waals surface area (Å²) in [7, 11) is 1.64. The van der Waals surface area contributed by atoms with Gasteiger partial charge < -0.3 is 19.9 Å². The summed E-state index contributed by atoms with van der Waals surface area (Å²) in [6.45, 7) is 2.26. The number of hydrogen-bond donors (Lipinski definition) is 2. The van der Waals surface area contributed by atoms with Gasteiger partial charge in [0.25, 0.3) is 5.91 Å². The average Bonchev–Trinajstić information content (AvgIpc) is 2.88. The molecule has 0 unspecified atom stereocenters. The van der Waals surface area contributed by atoms with Crippen molar-refractivity contribution in [1.82, 2.24) is 10.3 Å². The van der Waals surface area contributed by atoms with E-state index in [9.17, 15) is 9.59 Å². The van der Waals surface area contributed by atoms with Crippen molar-refractivity contribution >= 4 is 11.9 Å². The molecule has 0 radical (unpaired) electrons. The number of aliphatic carboxylic acids is 1. The van der Waals surface area contributed by atoms with Gasteiger partial charge in [-0.1, -0.05) is 25.8 Å². The molecule has 0 aliphatic heterocycles. The monoisotopic (exact) mass is 476 g/mol. The molecule has 1 heterocycles. The number of aromatic nitrogens is 1. The van der Waals surface area contributed by atoms with Gasteiger partial charge in [0.2, 0.25) is 0 Å². The van der Waals surface area contributed by atoms with E-state index in [0.717, 1.165) is 48.3 Å². The molecule has 0 bridgehead atoms. The minimum absolute atomic E-state index is 0.0887. The number of nitrogens with one attached hydrogen (secondary N) is 1. The Labute approximate surface area is 206 Å². The number of amides is 1. The normalized spacial score (nSPS) is 11.5. The van der Waals surface area contributed by atoms with Crippen LogP contribution in [0.3, 0.4) is 0 Å². The highest BCUT2D eigenvalue weighted by Crippen LogP contribution is 2.28. The predicted molar refractivity (Wildman–Crippen MR) is 135 cm³/mol. The van der Waals surface area contributed by atoms with E-state index in [1.807, 2.05) is 42.6 Å². The lowest BCUT2D eigenvalue weighted by Crippen LogP contribution is -2.25. The Morgan fingerprint density at radius 2 is 1.69 bits per heavy atom. The predicted octanol–water partition coefficient (Wildman–Crippen LogP) is 5.66. The second kappa shape index (κ2) is 13.1. The van der Waals surface area contributed by atoms with E-state index >= 15 is 0 Å². The Morgan fingerprint density at radius 3 is 2.29 bits per heavy atom. The van der Waals surface area contributed by atoms with Gasteiger partial charge in [-0.3, -0.25) is 14.6 Å². The molecule has 0 fully saturated rings. The third kappa shape index (κ3) is 7.84. The van der Waals surface area contributed by atoms with E-state index in [4.69, 9.17) is 14.6 Å². The molecule has 7 heteroatoms. The molecule has 0 saturated carbocycles. The van der Waals surface area contributed by atoms with Crippen LogP contribution in [0.4, 0.5) is 0 Å². The number of rotatable bonds is 13. The van der Waals surface area contributed by atoms with Crippen LogP contribution < -0.4 is 14.8 Å². The molecule has 35 heavy (non-hydrogen) atoms. The Hall–Kier alpha value is -3.87. The summed E-state index contributed by atoms with van der Waals surface area (Å²) in [4.78, 5) is 27.5. The minimum Gasteiger partial charge on any atom is -0.497 e. The van der Waals surface area contributed by atoms with Gasteiger partial charge in [0.05, 0.1) is 19.2 Å². The van der Waals surface area contributed by atoms with Crippen LogP contribution in [0, 0.1) is 0 Å². The van der Waals surface area contributed by atoms with Gasteiger partial charge in [-0.15, -0.1) is 0 Å². The lowest BCUT2D eigenvalue weighted by atomic mass is 10.0. The Kier molecular flexibility index (Phi) is 9.66. The van der Waals surface area contributed by atoms with Crippen molar-refractivity contribution in [2.75, 3.05) is 13.7 Å². The number of methoxy groups -OCH3 is 1. The molecule has 0 saturated heterocycles. The van der Waals surface area contributed by atoms with Gasteiger partial charge >= 0.3 is 5.97 Å². The zero-order chi connectivity index (χ0) is 25.0. The standard InChI is InChI=1S/C28H32N2O5/c1-3-4-5-6-26(22-11-16-25(30-19-22)20-7-12-23(34-2)13-8-20)35-24-14-9-21(10-15-24)28(33)29-18-17-27(31)32/h7-16,19,26H,3-6,17-18H2,1-2H3,(H,29,33)(H,31,32)/t26-/m1/s1. The first-order valence-corrected chi connectivity index (χ1v) is 11.9. The van der Waals surface area contributed by atoms with E-state index in [1.54, 1.807) is 31.4 Å². The highest BCUT2D eigenvalue weighted by molar-refractivity contribution is 5.94. The maximum absolute atomic E-state index is 12.2. The van der Waals surface area contributed by atoms with E-state index in [-0.39, 0.29) is 25.0 Å². The number of carboxylic acids is 1. The van der Waals surface area contributed by atoms with Gasteiger partial charge in [0.1, 0.15) is 17.6 Å². The van der Waals surface area contributed by atoms with Crippen LogP contribution in [0.25, 0.3) is 11.3 Å². The maximum Gasteiger partial charge on any atom is 0.305 e. The highest BCUT2D eigenvalue weighted by Gasteiger charge is 2.15. The van der Waals surface area contributed by atoms with E-state index in [1.165, 1.54) is 0 Å². The molecule has 3 rings (SSSR count). The number of carboxylic acid groups (broad SMARTS) is 1. The Balaban J connectivity index is 1.69. The fourth-order valence-electron chi connectivity index (χ4n) is 3.64. The van der Waals surface area contributed by atoms with Crippen molar-refractivity contribution in [3.8, 4) is 22.8 Å².